The number of imidazole rings is 2. The topological polar surface area (TPSA) is 380 Å². The fourth-order valence-corrected chi connectivity index (χ4v) is 11.7. The Hall–Kier alpha value is -7.40. The average molecular weight is 1170 g/mol. The van der Waals surface area contributed by atoms with Crippen molar-refractivity contribution in [2.24, 2.45) is 0 Å². The Morgan fingerprint density at radius 1 is 0.617 bits per heavy atom. The van der Waals surface area contributed by atoms with Crippen LogP contribution in [-0.4, -0.2) is 180 Å². The van der Waals surface area contributed by atoms with Crippen molar-refractivity contribution in [3.8, 4) is 0 Å². The van der Waals surface area contributed by atoms with E-state index in [2.05, 4.69) is 61.8 Å². The summed E-state index contributed by atoms with van der Waals surface area (Å²) in [6, 6.07) is 9.89. The maximum Gasteiger partial charge on any atom is 0.324 e. The lowest BCUT2D eigenvalue weighted by atomic mass is 10.1. The number of ether oxygens (including phenoxy) is 4. The minimum absolute atomic E-state index is 0.0166. The van der Waals surface area contributed by atoms with Gasteiger partial charge in [-0.2, -0.15) is 8.61 Å². The minimum Gasteiger partial charge on any atom is -0.387 e. The summed E-state index contributed by atoms with van der Waals surface area (Å²) in [5, 5.41) is 36.5. The van der Waals surface area contributed by atoms with Gasteiger partial charge in [0.05, 0.1) is 22.4 Å². The van der Waals surface area contributed by atoms with E-state index in [1.807, 2.05) is 6.92 Å². The molecular formula is C49H64N16O14S2. The van der Waals surface area contributed by atoms with Crippen molar-refractivity contribution in [1.29, 1.82) is 0 Å². The van der Waals surface area contributed by atoms with E-state index in [4.69, 9.17) is 18.9 Å². The maximum atomic E-state index is 12.9. The number of nitrogens with zero attached hydrogens (tertiary/aromatic N) is 10. The number of rotatable bonds is 16. The highest BCUT2D eigenvalue weighted by atomic mass is 32.2. The van der Waals surface area contributed by atoms with Crippen LogP contribution < -0.4 is 31.9 Å². The number of fused-ring (bicyclic) bond motifs is 3. The number of anilines is 4. The number of urea groups is 2. The van der Waals surface area contributed by atoms with Crippen molar-refractivity contribution in [2.75, 3.05) is 48.5 Å². The Morgan fingerprint density at radius 3 is 1.51 bits per heavy atom. The Morgan fingerprint density at radius 2 is 1.05 bits per heavy atom. The van der Waals surface area contributed by atoms with Gasteiger partial charge in [0.15, 0.2) is 64.4 Å². The van der Waals surface area contributed by atoms with Gasteiger partial charge in [0.1, 0.15) is 37.1 Å². The summed E-state index contributed by atoms with van der Waals surface area (Å²) in [5.41, 5.74) is 1.41. The first-order valence-corrected chi connectivity index (χ1v) is 28.4. The summed E-state index contributed by atoms with van der Waals surface area (Å²) in [6.45, 7) is 14.8. The van der Waals surface area contributed by atoms with Gasteiger partial charge in [-0.1, -0.05) is 12.1 Å². The second kappa shape index (κ2) is 24.0. The number of carbonyl (C=O) groups is 4. The van der Waals surface area contributed by atoms with Gasteiger partial charge in [-0.25, -0.2) is 56.3 Å². The molecule has 81 heavy (non-hydrogen) atoms. The van der Waals surface area contributed by atoms with E-state index in [0.717, 1.165) is 6.33 Å². The molecular weight excluding hydrogens is 1100 g/mol. The SMILES string of the molecule is CCNC(=O)[C@H]1O[C@@H](n2cnc3c(NC(=O)Nc4cccc(S(=O)(=O)N(C)C(C)C)c4)ncnc32)[C@@H]2OC(C)(C)O[C@@H]21.CCNC(=O)[C@H]1O[C@@H](n2cnc3c(NC(=O)Nc4cccc(S(=O)(=O)N(C)C(C)C)c4)ncnc32)[C@H](O)[C@@H]1O. The summed E-state index contributed by atoms with van der Waals surface area (Å²) in [6.07, 6.45) is -3.23. The molecule has 2 aromatic carbocycles. The van der Waals surface area contributed by atoms with Crippen LogP contribution in [0.15, 0.2) is 83.6 Å². The zero-order valence-electron chi connectivity index (χ0n) is 45.7. The lowest BCUT2D eigenvalue weighted by Gasteiger charge is -2.24. The number of aliphatic hydroxyl groups is 2. The Balaban J connectivity index is 0.000000213. The minimum atomic E-state index is -3.76. The molecule has 7 heterocycles. The standard InChI is InChI=1S/C26H34N8O7S.C23H30N8O7S/c1-7-27-23(35)19-18-20(41-26(4,5)40-18)24(39-19)34-13-30-17-21(28-12-29-22(17)34)32-25(36)31-15-9-8-10-16(11-15)42(37,38)33(6)14(2)3;1-5-24-21(34)18-16(32)17(33)22(38-18)31-11-27-15-19(25-10-26-20(15)31)29-23(35)28-13-7-6-8-14(9-13)39(36,37)30(4)12(2)3/h8-14,18-20,24H,7H2,1-6H3,(H,27,35)(H2,28,29,31,32,36);6-12,16-18,22,32-33H,5H2,1-4H3,(H,24,34)(H2,25,26,28,29,35)/t18-,19+,20-,24-;16-,17+,18-,22+/m10/s1. The van der Waals surface area contributed by atoms with Gasteiger partial charge >= 0.3 is 12.1 Å². The fraction of sp³-hybridized carbons (Fsp3) is 0.469. The molecule has 6 amide bonds. The van der Waals surface area contributed by atoms with Crippen LogP contribution >= 0.6 is 0 Å². The summed E-state index contributed by atoms with van der Waals surface area (Å²) in [5.74, 6) is -1.69. The van der Waals surface area contributed by atoms with Crippen molar-refractivity contribution in [2.45, 2.75) is 132 Å². The molecule has 6 aromatic rings. The first-order chi connectivity index (χ1) is 38.3. The zero-order valence-corrected chi connectivity index (χ0v) is 47.3. The second-order valence-corrected chi connectivity index (χ2v) is 23.8. The molecule has 8 atom stereocenters. The third kappa shape index (κ3) is 12.4. The first kappa shape index (κ1) is 59.7. The van der Waals surface area contributed by atoms with Gasteiger partial charge in [0, 0.05) is 50.6 Å². The zero-order chi connectivity index (χ0) is 58.9. The molecule has 0 saturated carbocycles. The first-order valence-electron chi connectivity index (χ1n) is 25.5. The Kier molecular flexibility index (Phi) is 17.7. The Bertz CT molecular complexity index is 3550. The number of nitrogens with one attached hydrogen (secondary N) is 6. The van der Waals surface area contributed by atoms with E-state index in [0.29, 0.717) is 18.7 Å². The van der Waals surface area contributed by atoms with E-state index in [-0.39, 0.29) is 67.5 Å². The second-order valence-electron chi connectivity index (χ2n) is 19.8. The number of aliphatic hydroxyl groups excluding tert-OH is 2. The third-order valence-electron chi connectivity index (χ3n) is 13.2. The van der Waals surface area contributed by atoms with Gasteiger partial charge in [-0.3, -0.25) is 29.4 Å². The van der Waals surface area contributed by atoms with Crippen LogP contribution in [0.2, 0.25) is 0 Å². The molecule has 8 N–H and O–H groups in total. The predicted octanol–water partition coefficient (Wildman–Crippen LogP) is 2.31. The van der Waals surface area contributed by atoms with E-state index in [1.54, 1.807) is 65.2 Å². The van der Waals surface area contributed by atoms with Crippen LogP contribution in [0, 0.1) is 0 Å². The van der Waals surface area contributed by atoms with Gasteiger partial charge in [0.2, 0.25) is 20.0 Å². The number of sulfonamides is 2. The molecule has 3 saturated heterocycles. The summed E-state index contributed by atoms with van der Waals surface area (Å²) in [7, 11) is -4.53. The maximum absolute atomic E-state index is 12.9. The average Bonchev–Trinajstić information content (AvgIpc) is 4.45. The highest BCUT2D eigenvalue weighted by Crippen LogP contribution is 2.44. The monoisotopic (exact) mass is 1160 g/mol. The van der Waals surface area contributed by atoms with Crippen LogP contribution in [0.3, 0.4) is 0 Å². The quantitative estimate of drug-likeness (QED) is 0.0689. The normalized spacial score (nSPS) is 22.4. The molecule has 0 spiro atoms. The molecule has 32 heteroatoms. The number of amides is 6. The highest BCUT2D eigenvalue weighted by Gasteiger charge is 2.58. The van der Waals surface area contributed by atoms with Crippen molar-refractivity contribution >= 4 is 89.3 Å². The molecule has 0 unspecified atom stereocenters. The predicted molar refractivity (Wildman–Crippen MR) is 290 cm³/mol. The van der Waals surface area contributed by atoms with Crippen molar-refractivity contribution in [1.82, 2.24) is 58.3 Å². The molecule has 3 fully saturated rings. The van der Waals surface area contributed by atoms with Gasteiger partial charge in [-0.05, 0) is 91.8 Å². The van der Waals surface area contributed by atoms with Gasteiger partial charge in [-0.15, -0.1) is 0 Å². The highest BCUT2D eigenvalue weighted by molar-refractivity contribution is 7.89. The van der Waals surface area contributed by atoms with E-state index >= 15 is 0 Å². The van der Waals surface area contributed by atoms with E-state index < -0.39 is 92.9 Å². The number of hydrogen-bond acceptors (Lipinski definition) is 20. The number of benzene rings is 2. The molecule has 3 aliphatic heterocycles. The van der Waals surface area contributed by atoms with Crippen LogP contribution in [-0.2, 0) is 48.6 Å². The van der Waals surface area contributed by atoms with Crippen LogP contribution in [0.1, 0.15) is 67.8 Å². The lowest BCUT2D eigenvalue weighted by molar-refractivity contribution is -0.197. The molecule has 30 nitrogen and oxygen atoms in total. The largest absolute Gasteiger partial charge is 0.387 e. The summed E-state index contributed by atoms with van der Waals surface area (Å²) >= 11 is 0. The van der Waals surface area contributed by atoms with Crippen LogP contribution in [0.25, 0.3) is 22.3 Å². The van der Waals surface area contributed by atoms with Gasteiger partial charge < -0.3 is 50.4 Å². The van der Waals surface area contributed by atoms with Crippen molar-refractivity contribution in [3.63, 3.8) is 0 Å². The number of likely N-dealkylation sites (N-methyl/N-ethyl adjacent to an activating group) is 2. The fourth-order valence-electron chi connectivity index (χ4n) is 8.82. The third-order valence-corrected chi connectivity index (χ3v) is 17.3. The number of carbonyl (C=O) groups excluding carboxylic acids is 4. The number of aromatic nitrogens is 8. The lowest BCUT2D eigenvalue weighted by Crippen LogP contribution is -2.42. The van der Waals surface area contributed by atoms with E-state index in [1.165, 1.54) is 82.7 Å². The van der Waals surface area contributed by atoms with Crippen molar-refractivity contribution < 1.29 is 65.2 Å². The van der Waals surface area contributed by atoms with E-state index in [9.17, 15) is 46.2 Å². The molecule has 0 aliphatic carbocycles. The molecule has 436 valence electrons. The summed E-state index contributed by atoms with van der Waals surface area (Å²) < 4.78 is 80.6. The van der Waals surface area contributed by atoms with Crippen LogP contribution in [0.4, 0.5) is 32.6 Å². The number of hydrogen-bond donors (Lipinski definition) is 8. The Labute approximate surface area is 465 Å². The van der Waals surface area contributed by atoms with Gasteiger partial charge in [0.25, 0.3) is 11.8 Å². The smallest absolute Gasteiger partial charge is 0.324 e. The van der Waals surface area contributed by atoms with Crippen LogP contribution in [0.5, 0.6) is 0 Å². The molecule has 4 aromatic heterocycles. The van der Waals surface area contributed by atoms with Crippen molar-refractivity contribution in [3.05, 3.63) is 73.8 Å². The molecule has 3 aliphatic rings. The molecule has 9 rings (SSSR count). The summed E-state index contributed by atoms with van der Waals surface area (Å²) in [4.78, 5) is 75.9. The molecule has 0 bridgehead atoms. The molecule has 0 radical (unpaired) electrons.